The molecule has 0 aliphatic carbocycles. The first-order chi connectivity index (χ1) is 17.0. The standard InChI is InChI=1S/C28H23FN2O3S/c29-22-11-10-21-14-23(30-25(21)15-22)16-28(27(32)33)18-35-26(31-28)17-34-24-12-8-20(9-13-24)7-6-19-4-2-1-3-5-19/h1-15,30H,16-18H2,(H,32,33)/b7-6+. The number of rotatable bonds is 8. The van der Waals surface area contributed by atoms with Crippen LogP contribution in [-0.2, 0) is 11.2 Å². The molecule has 1 unspecified atom stereocenters. The Balaban J connectivity index is 1.24. The van der Waals surface area contributed by atoms with E-state index in [4.69, 9.17) is 4.74 Å². The van der Waals surface area contributed by atoms with Gasteiger partial charge < -0.3 is 14.8 Å². The van der Waals surface area contributed by atoms with E-state index in [1.165, 1.54) is 23.9 Å². The van der Waals surface area contributed by atoms with E-state index >= 15 is 0 Å². The van der Waals surface area contributed by atoms with Crippen LogP contribution in [0.15, 0.2) is 83.9 Å². The Labute approximate surface area is 206 Å². The van der Waals surface area contributed by atoms with Gasteiger partial charge in [-0.2, -0.15) is 0 Å². The van der Waals surface area contributed by atoms with E-state index in [0.29, 0.717) is 27.8 Å². The highest BCUT2D eigenvalue weighted by Gasteiger charge is 2.43. The van der Waals surface area contributed by atoms with Crippen molar-refractivity contribution in [2.45, 2.75) is 12.0 Å². The molecule has 3 aromatic carbocycles. The summed E-state index contributed by atoms with van der Waals surface area (Å²) in [7, 11) is 0. The molecule has 1 aliphatic heterocycles. The molecule has 1 atom stereocenters. The Hall–Kier alpha value is -3.84. The van der Waals surface area contributed by atoms with Gasteiger partial charge in [0.25, 0.3) is 0 Å². The lowest BCUT2D eigenvalue weighted by atomic mass is 9.96. The fourth-order valence-electron chi connectivity index (χ4n) is 4.00. The van der Waals surface area contributed by atoms with Crippen molar-refractivity contribution >= 4 is 45.8 Å². The number of halogens is 1. The average molecular weight is 487 g/mol. The molecule has 1 aromatic heterocycles. The molecule has 1 aliphatic rings. The molecule has 0 saturated heterocycles. The van der Waals surface area contributed by atoms with Gasteiger partial charge in [0.05, 0.1) is 0 Å². The monoisotopic (exact) mass is 486 g/mol. The summed E-state index contributed by atoms with van der Waals surface area (Å²) in [5, 5.41) is 11.4. The molecule has 0 radical (unpaired) electrons. The molecule has 0 bridgehead atoms. The number of aliphatic carboxylic acids is 1. The number of aromatic nitrogens is 1. The van der Waals surface area contributed by atoms with E-state index in [2.05, 4.69) is 16.1 Å². The summed E-state index contributed by atoms with van der Waals surface area (Å²) in [6.07, 6.45) is 4.28. The van der Waals surface area contributed by atoms with Crippen LogP contribution >= 0.6 is 11.8 Å². The summed E-state index contributed by atoms with van der Waals surface area (Å²) < 4.78 is 19.4. The molecule has 35 heavy (non-hydrogen) atoms. The minimum Gasteiger partial charge on any atom is -0.487 e. The number of ether oxygens (including phenoxy) is 1. The maximum Gasteiger partial charge on any atom is 0.332 e. The lowest BCUT2D eigenvalue weighted by molar-refractivity contribution is -0.142. The molecule has 7 heteroatoms. The van der Waals surface area contributed by atoms with Crippen LogP contribution in [0.4, 0.5) is 4.39 Å². The summed E-state index contributed by atoms with van der Waals surface area (Å²) in [5.74, 6) is -0.323. The van der Waals surface area contributed by atoms with Crippen molar-refractivity contribution in [3.63, 3.8) is 0 Å². The number of fused-ring (bicyclic) bond motifs is 1. The zero-order valence-electron chi connectivity index (χ0n) is 18.8. The highest BCUT2D eigenvalue weighted by Crippen LogP contribution is 2.33. The fraction of sp³-hybridized carbons (Fsp3) is 0.143. The Morgan fingerprint density at radius 2 is 1.80 bits per heavy atom. The SMILES string of the molecule is O=C(O)C1(Cc2cc3ccc(F)cc3[nH]2)CSC(COc2ccc(/C=C/c3ccccc3)cc2)=N1. The van der Waals surface area contributed by atoms with Gasteiger partial charge in [-0.05, 0) is 52.9 Å². The third-order valence-electron chi connectivity index (χ3n) is 5.85. The van der Waals surface area contributed by atoms with Gasteiger partial charge in [-0.3, -0.25) is 4.99 Å². The van der Waals surface area contributed by atoms with Gasteiger partial charge in [0, 0.05) is 23.4 Å². The van der Waals surface area contributed by atoms with Gasteiger partial charge in [-0.25, -0.2) is 9.18 Å². The van der Waals surface area contributed by atoms with E-state index in [-0.39, 0.29) is 18.8 Å². The number of nitrogens with zero attached hydrogens (tertiary/aromatic N) is 1. The maximum atomic E-state index is 13.5. The zero-order valence-corrected chi connectivity index (χ0v) is 19.6. The lowest BCUT2D eigenvalue weighted by Gasteiger charge is -2.19. The van der Waals surface area contributed by atoms with Crippen LogP contribution in [0.25, 0.3) is 23.1 Å². The first-order valence-corrected chi connectivity index (χ1v) is 12.2. The maximum absolute atomic E-state index is 13.5. The fourth-order valence-corrected chi connectivity index (χ4v) is 5.08. The third kappa shape index (κ3) is 5.30. The topological polar surface area (TPSA) is 74.7 Å². The van der Waals surface area contributed by atoms with E-state index in [0.717, 1.165) is 16.5 Å². The van der Waals surface area contributed by atoms with Crippen LogP contribution in [0.2, 0.25) is 0 Å². The van der Waals surface area contributed by atoms with Crippen molar-refractivity contribution < 1.29 is 19.0 Å². The summed E-state index contributed by atoms with van der Waals surface area (Å²) in [5.41, 5.74) is 2.25. The minimum atomic E-state index is -1.28. The molecule has 5 rings (SSSR count). The van der Waals surface area contributed by atoms with Crippen molar-refractivity contribution in [1.29, 1.82) is 0 Å². The van der Waals surface area contributed by atoms with Gasteiger partial charge in [0.15, 0.2) is 5.54 Å². The van der Waals surface area contributed by atoms with Crippen LogP contribution < -0.4 is 4.74 Å². The number of H-pyrrole nitrogens is 1. The molecule has 5 nitrogen and oxygen atoms in total. The summed E-state index contributed by atoms with van der Waals surface area (Å²) in [6.45, 7) is 0.205. The Bertz CT molecular complexity index is 1410. The number of nitrogens with one attached hydrogen (secondary N) is 1. The lowest BCUT2D eigenvalue weighted by Crippen LogP contribution is -2.39. The number of carbonyl (C=O) groups is 1. The number of aliphatic imine (C=N–C) groups is 1. The van der Waals surface area contributed by atoms with E-state index in [9.17, 15) is 14.3 Å². The Kier molecular flexibility index (Phi) is 6.42. The minimum absolute atomic E-state index is 0.192. The van der Waals surface area contributed by atoms with Crippen molar-refractivity contribution in [3.05, 3.63) is 102 Å². The van der Waals surface area contributed by atoms with Gasteiger partial charge in [-0.1, -0.05) is 54.6 Å². The van der Waals surface area contributed by atoms with E-state index in [1.54, 1.807) is 6.07 Å². The number of hydrogen-bond donors (Lipinski definition) is 2. The Morgan fingerprint density at radius 3 is 2.54 bits per heavy atom. The van der Waals surface area contributed by atoms with Gasteiger partial charge >= 0.3 is 5.97 Å². The van der Waals surface area contributed by atoms with E-state index in [1.807, 2.05) is 66.7 Å². The first kappa shape index (κ1) is 22.9. The summed E-state index contributed by atoms with van der Waals surface area (Å²) in [6, 6.07) is 24.1. The predicted octanol–water partition coefficient (Wildman–Crippen LogP) is 6.07. The first-order valence-electron chi connectivity index (χ1n) is 11.2. The average Bonchev–Trinajstić information content (AvgIpc) is 3.46. The molecule has 0 saturated carbocycles. The predicted molar refractivity (Wildman–Crippen MR) is 140 cm³/mol. The van der Waals surface area contributed by atoms with Crippen LogP contribution in [0.3, 0.4) is 0 Å². The normalized spacial score (nSPS) is 17.7. The second-order valence-electron chi connectivity index (χ2n) is 8.44. The van der Waals surface area contributed by atoms with Crippen LogP contribution in [-0.4, -0.2) is 39.0 Å². The van der Waals surface area contributed by atoms with Crippen LogP contribution in [0.5, 0.6) is 5.75 Å². The van der Waals surface area contributed by atoms with Gasteiger partial charge in [0.2, 0.25) is 0 Å². The van der Waals surface area contributed by atoms with Crippen molar-refractivity contribution in [1.82, 2.24) is 4.98 Å². The van der Waals surface area contributed by atoms with Gasteiger partial charge in [-0.15, -0.1) is 11.8 Å². The highest BCUT2D eigenvalue weighted by atomic mass is 32.2. The molecule has 0 fully saturated rings. The summed E-state index contributed by atoms with van der Waals surface area (Å²) >= 11 is 1.39. The smallest absolute Gasteiger partial charge is 0.332 e. The number of carboxylic acids is 1. The summed E-state index contributed by atoms with van der Waals surface area (Å²) in [4.78, 5) is 19.8. The van der Waals surface area contributed by atoms with Crippen LogP contribution in [0, 0.1) is 5.82 Å². The number of thioether (sulfide) groups is 1. The highest BCUT2D eigenvalue weighted by molar-refractivity contribution is 8.14. The van der Waals surface area contributed by atoms with Crippen molar-refractivity contribution in [2.75, 3.05) is 12.4 Å². The number of carboxylic acid groups (broad SMARTS) is 1. The van der Waals surface area contributed by atoms with Crippen molar-refractivity contribution in [2.24, 2.45) is 4.99 Å². The second kappa shape index (κ2) is 9.80. The van der Waals surface area contributed by atoms with Gasteiger partial charge in [0.1, 0.15) is 23.2 Å². The molecule has 0 spiro atoms. The van der Waals surface area contributed by atoms with Crippen molar-refractivity contribution in [3.8, 4) is 5.75 Å². The molecule has 176 valence electrons. The number of benzene rings is 3. The second-order valence-corrected chi connectivity index (χ2v) is 9.48. The van der Waals surface area contributed by atoms with E-state index < -0.39 is 11.5 Å². The number of hydrogen-bond acceptors (Lipinski definition) is 4. The Morgan fingerprint density at radius 1 is 1.06 bits per heavy atom. The quantitative estimate of drug-likeness (QED) is 0.297. The molecule has 4 aromatic rings. The third-order valence-corrected chi connectivity index (χ3v) is 7.01. The zero-order chi connectivity index (χ0) is 24.3. The molecular weight excluding hydrogens is 463 g/mol. The number of aromatic amines is 1. The molecular formula is C28H23FN2O3S. The molecule has 2 N–H and O–H groups in total. The largest absolute Gasteiger partial charge is 0.487 e. The molecule has 2 heterocycles. The molecule has 0 amide bonds. The van der Waals surface area contributed by atoms with Crippen LogP contribution in [0.1, 0.15) is 16.8 Å².